The summed E-state index contributed by atoms with van der Waals surface area (Å²) in [6.45, 7) is 0. The topological polar surface area (TPSA) is 81.8 Å². The molecule has 0 bridgehead atoms. The molecule has 0 unspecified atom stereocenters. The van der Waals surface area contributed by atoms with E-state index in [-0.39, 0.29) is 27.3 Å². The number of esters is 1. The third-order valence-corrected chi connectivity index (χ3v) is 3.83. The van der Waals surface area contributed by atoms with Gasteiger partial charge in [0.2, 0.25) is 5.90 Å². The molecule has 0 aliphatic carbocycles. The summed E-state index contributed by atoms with van der Waals surface area (Å²) in [6, 6.07) is 10.1. The monoisotopic (exact) mass is 390 g/mol. The highest BCUT2D eigenvalue weighted by Crippen LogP contribution is 2.27. The molecule has 0 atom stereocenters. The number of carbonyl (C=O) groups is 1. The summed E-state index contributed by atoms with van der Waals surface area (Å²) in [6.07, 6.45) is 1.41. The van der Waals surface area contributed by atoms with Crippen molar-refractivity contribution < 1.29 is 18.8 Å². The van der Waals surface area contributed by atoms with Crippen molar-refractivity contribution in [3.63, 3.8) is 0 Å². The van der Waals surface area contributed by atoms with Gasteiger partial charge in [0.05, 0.1) is 15.0 Å². The number of hydrogen-bond donors (Lipinski definition) is 0. The Bertz CT molecular complexity index is 924. The summed E-state index contributed by atoms with van der Waals surface area (Å²) in [7, 11) is 0. The molecule has 120 valence electrons. The molecule has 24 heavy (non-hydrogen) atoms. The number of nitro benzene ring substituents is 1. The Hall–Kier alpha value is -2.87. The summed E-state index contributed by atoms with van der Waals surface area (Å²) < 4.78 is 19.0. The lowest BCUT2D eigenvalue weighted by molar-refractivity contribution is -0.385. The van der Waals surface area contributed by atoms with Crippen LogP contribution in [0.1, 0.15) is 11.1 Å². The van der Waals surface area contributed by atoms with Crippen LogP contribution in [0.4, 0.5) is 10.1 Å². The van der Waals surface area contributed by atoms with E-state index in [1.165, 1.54) is 42.5 Å². The Morgan fingerprint density at radius 1 is 1.25 bits per heavy atom. The number of nitro groups is 1. The van der Waals surface area contributed by atoms with E-state index in [2.05, 4.69) is 20.9 Å². The molecular weight excluding hydrogens is 383 g/mol. The van der Waals surface area contributed by atoms with Crippen LogP contribution in [0.25, 0.3) is 6.08 Å². The highest BCUT2D eigenvalue weighted by Gasteiger charge is 2.26. The Morgan fingerprint density at radius 3 is 2.67 bits per heavy atom. The van der Waals surface area contributed by atoms with Crippen molar-refractivity contribution in [2.75, 3.05) is 0 Å². The smallest absolute Gasteiger partial charge is 0.363 e. The van der Waals surface area contributed by atoms with Crippen molar-refractivity contribution in [1.82, 2.24) is 0 Å². The van der Waals surface area contributed by atoms with Crippen molar-refractivity contribution >= 4 is 39.6 Å². The lowest BCUT2D eigenvalue weighted by Crippen LogP contribution is -2.07. The Balaban J connectivity index is 1.96. The van der Waals surface area contributed by atoms with Crippen LogP contribution in [0.3, 0.4) is 0 Å². The molecule has 0 saturated carbocycles. The fourth-order valence-electron chi connectivity index (χ4n) is 2.08. The molecule has 0 fully saturated rings. The van der Waals surface area contributed by atoms with Crippen LogP contribution < -0.4 is 0 Å². The second-order valence-corrected chi connectivity index (χ2v) is 5.64. The minimum atomic E-state index is -0.720. The van der Waals surface area contributed by atoms with Gasteiger partial charge in [-0.15, -0.1) is 0 Å². The molecule has 0 saturated heterocycles. The van der Waals surface area contributed by atoms with E-state index in [1.807, 2.05) is 0 Å². The molecule has 8 heteroatoms. The van der Waals surface area contributed by atoms with Crippen LogP contribution >= 0.6 is 15.9 Å². The highest BCUT2D eigenvalue weighted by molar-refractivity contribution is 9.10. The van der Waals surface area contributed by atoms with Crippen molar-refractivity contribution in [2.24, 2.45) is 4.99 Å². The van der Waals surface area contributed by atoms with E-state index in [4.69, 9.17) is 4.74 Å². The Kier molecular flexibility index (Phi) is 4.22. The first kappa shape index (κ1) is 16.0. The quantitative estimate of drug-likeness (QED) is 0.345. The number of nitrogens with zero attached hydrogens (tertiary/aromatic N) is 2. The molecule has 2 aromatic carbocycles. The van der Waals surface area contributed by atoms with Gasteiger partial charge < -0.3 is 4.74 Å². The number of benzene rings is 2. The molecule has 1 aliphatic heterocycles. The molecule has 0 aromatic heterocycles. The van der Waals surface area contributed by atoms with E-state index in [9.17, 15) is 19.3 Å². The van der Waals surface area contributed by atoms with Gasteiger partial charge in [0.1, 0.15) is 5.82 Å². The van der Waals surface area contributed by atoms with Crippen LogP contribution in [0.5, 0.6) is 0 Å². The summed E-state index contributed by atoms with van der Waals surface area (Å²) in [4.78, 5) is 26.1. The zero-order valence-corrected chi connectivity index (χ0v) is 13.5. The van der Waals surface area contributed by atoms with E-state index in [0.29, 0.717) is 5.56 Å². The number of cyclic esters (lactones) is 1. The molecule has 0 amide bonds. The third-order valence-electron chi connectivity index (χ3n) is 3.20. The molecule has 1 aliphatic rings. The maximum absolute atomic E-state index is 13.7. The van der Waals surface area contributed by atoms with Gasteiger partial charge in [-0.05, 0) is 51.8 Å². The normalized spacial score (nSPS) is 15.3. The summed E-state index contributed by atoms with van der Waals surface area (Å²) in [5, 5.41) is 10.8. The van der Waals surface area contributed by atoms with Crippen molar-refractivity contribution in [3.8, 4) is 0 Å². The minimum absolute atomic E-state index is 0.0194. The van der Waals surface area contributed by atoms with Gasteiger partial charge in [0.25, 0.3) is 5.69 Å². The van der Waals surface area contributed by atoms with E-state index in [0.717, 1.165) is 0 Å². The molecule has 6 nitrogen and oxygen atoms in total. The zero-order valence-electron chi connectivity index (χ0n) is 11.9. The molecular formula is C16H8BrFN2O4. The number of aliphatic imine (C=N–C) groups is 1. The summed E-state index contributed by atoms with van der Waals surface area (Å²) in [5.74, 6) is -1.39. The zero-order chi connectivity index (χ0) is 17.3. The summed E-state index contributed by atoms with van der Waals surface area (Å²) >= 11 is 3.10. The lowest BCUT2D eigenvalue weighted by Gasteiger charge is -1.99. The van der Waals surface area contributed by atoms with Crippen LogP contribution in [-0.2, 0) is 9.53 Å². The number of rotatable bonds is 3. The minimum Gasteiger partial charge on any atom is -0.402 e. The van der Waals surface area contributed by atoms with Gasteiger partial charge in [-0.25, -0.2) is 14.2 Å². The Morgan fingerprint density at radius 2 is 2.00 bits per heavy atom. The average Bonchev–Trinajstić information content (AvgIpc) is 2.88. The summed E-state index contributed by atoms with van der Waals surface area (Å²) in [5.41, 5.74) is 0.479. The largest absolute Gasteiger partial charge is 0.402 e. The number of carbonyl (C=O) groups excluding carboxylic acids is 1. The van der Waals surface area contributed by atoms with Gasteiger partial charge >= 0.3 is 5.97 Å². The fraction of sp³-hybridized carbons (Fsp3) is 0. The molecule has 0 spiro atoms. The molecule has 0 radical (unpaired) electrons. The predicted molar refractivity (Wildman–Crippen MR) is 87.8 cm³/mol. The van der Waals surface area contributed by atoms with Gasteiger partial charge in [-0.3, -0.25) is 10.1 Å². The Labute approximate surface area is 143 Å². The second-order valence-electron chi connectivity index (χ2n) is 4.78. The van der Waals surface area contributed by atoms with Crippen molar-refractivity contribution in [2.45, 2.75) is 0 Å². The average molecular weight is 391 g/mol. The fourth-order valence-corrected chi connectivity index (χ4v) is 2.62. The number of ether oxygens (including phenoxy) is 1. The van der Waals surface area contributed by atoms with Crippen molar-refractivity contribution in [1.29, 1.82) is 0 Å². The number of halogens is 2. The van der Waals surface area contributed by atoms with Gasteiger partial charge in [0.15, 0.2) is 5.70 Å². The van der Waals surface area contributed by atoms with Crippen LogP contribution in [0, 0.1) is 15.9 Å². The lowest BCUT2D eigenvalue weighted by atomic mass is 10.2. The molecule has 1 heterocycles. The van der Waals surface area contributed by atoms with Crippen LogP contribution in [-0.4, -0.2) is 16.8 Å². The highest BCUT2D eigenvalue weighted by atomic mass is 79.9. The van der Waals surface area contributed by atoms with Gasteiger partial charge in [-0.1, -0.05) is 12.1 Å². The van der Waals surface area contributed by atoms with Crippen LogP contribution in [0.2, 0.25) is 0 Å². The first-order valence-electron chi connectivity index (χ1n) is 6.67. The SMILES string of the molecule is O=C1OC(c2ccccc2F)=NC1=Cc1ccc([N+](=O)[O-])c(Br)c1. The maximum Gasteiger partial charge on any atom is 0.363 e. The van der Waals surface area contributed by atoms with Crippen LogP contribution in [0.15, 0.2) is 57.6 Å². The maximum atomic E-state index is 13.7. The first-order valence-corrected chi connectivity index (χ1v) is 7.46. The molecule has 2 aromatic rings. The first-order chi connectivity index (χ1) is 11.5. The van der Waals surface area contributed by atoms with Gasteiger partial charge in [-0.2, -0.15) is 0 Å². The molecule has 0 N–H and O–H groups in total. The third kappa shape index (κ3) is 3.09. The van der Waals surface area contributed by atoms with E-state index in [1.54, 1.807) is 6.07 Å². The van der Waals surface area contributed by atoms with Crippen molar-refractivity contribution in [3.05, 3.63) is 79.7 Å². The standard InChI is InChI=1S/C16H8BrFN2O4/c17-11-7-9(5-6-14(11)20(22)23)8-13-16(21)24-15(19-13)10-3-1-2-4-12(10)18/h1-8H. The molecule has 3 rings (SSSR count). The van der Waals surface area contributed by atoms with E-state index < -0.39 is 16.7 Å². The van der Waals surface area contributed by atoms with E-state index >= 15 is 0 Å². The number of hydrogen-bond acceptors (Lipinski definition) is 5. The predicted octanol–water partition coefficient (Wildman–Crippen LogP) is 3.84. The van der Waals surface area contributed by atoms with Gasteiger partial charge in [0, 0.05) is 6.07 Å². The second kappa shape index (κ2) is 6.32.